The highest BCUT2D eigenvalue weighted by Crippen LogP contribution is 2.18. The second-order valence-electron chi connectivity index (χ2n) is 4.78. The molecule has 1 N–H and O–H groups in total. The molecule has 1 unspecified atom stereocenters. The Morgan fingerprint density at radius 2 is 2.26 bits per heavy atom. The molecule has 1 heterocycles. The van der Waals surface area contributed by atoms with Crippen LogP contribution in [-0.4, -0.2) is 41.0 Å². The van der Waals surface area contributed by atoms with Crippen LogP contribution in [-0.2, 0) is 0 Å². The molecule has 1 rings (SSSR count). The van der Waals surface area contributed by atoms with E-state index in [2.05, 4.69) is 36.1 Å². The Morgan fingerprint density at radius 1 is 1.58 bits per heavy atom. The van der Waals surface area contributed by atoms with Crippen LogP contribution < -0.4 is 5.32 Å². The highest BCUT2D eigenvalue weighted by Gasteiger charge is 2.11. The number of nitrogens with zero attached hydrogens (tertiary/aromatic N) is 3. The van der Waals surface area contributed by atoms with Crippen LogP contribution in [0.1, 0.15) is 25.8 Å². The van der Waals surface area contributed by atoms with E-state index in [1.54, 1.807) is 13.0 Å². The maximum Gasteiger partial charge on any atom is 0.290 e. The molecule has 0 bridgehead atoms. The molecule has 0 aliphatic carbocycles. The van der Waals surface area contributed by atoms with Crippen molar-refractivity contribution in [3.05, 3.63) is 27.9 Å². The fourth-order valence-electron chi connectivity index (χ4n) is 1.73. The average molecular weight is 266 g/mol. The molecule has 0 radical (unpaired) electrons. The van der Waals surface area contributed by atoms with Gasteiger partial charge in [0.2, 0.25) is 0 Å². The van der Waals surface area contributed by atoms with Gasteiger partial charge in [-0.25, -0.2) is 4.98 Å². The topological polar surface area (TPSA) is 71.3 Å². The van der Waals surface area contributed by atoms with Gasteiger partial charge in [-0.15, -0.1) is 0 Å². The van der Waals surface area contributed by atoms with Crippen LogP contribution >= 0.6 is 0 Å². The molecule has 1 atom stereocenters. The Morgan fingerprint density at radius 3 is 2.79 bits per heavy atom. The first kappa shape index (κ1) is 15.4. The Kier molecular flexibility index (Phi) is 5.69. The molecule has 0 fully saturated rings. The number of rotatable bonds is 7. The first-order valence-corrected chi connectivity index (χ1v) is 6.50. The number of aryl methyl sites for hydroxylation is 1. The maximum absolute atomic E-state index is 10.7. The Hall–Kier alpha value is -1.69. The van der Waals surface area contributed by atoms with Crippen molar-refractivity contribution in [1.29, 1.82) is 0 Å². The Labute approximate surface area is 114 Å². The van der Waals surface area contributed by atoms with Crippen LogP contribution in [0.2, 0.25) is 0 Å². The van der Waals surface area contributed by atoms with E-state index in [0.717, 1.165) is 19.5 Å². The normalized spacial score (nSPS) is 12.5. The number of anilines is 1. The van der Waals surface area contributed by atoms with E-state index >= 15 is 0 Å². The zero-order valence-corrected chi connectivity index (χ0v) is 12.0. The third-order valence-corrected chi connectivity index (χ3v) is 3.39. The molecule has 19 heavy (non-hydrogen) atoms. The highest BCUT2D eigenvalue weighted by molar-refractivity contribution is 5.46. The number of hydrogen-bond donors (Lipinski definition) is 1. The predicted octanol–water partition coefficient (Wildman–Crippen LogP) is 2.44. The van der Waals surface area contributed by atoms with E-state index in [1.165, 1.54) is 6.20 Å². The molecule has 0 aromatic carbocycles. The van der Waals surface area contributed by atoms with Crippen molar-refractivity contribution in [3.63, 3.8) is 0 Å². The molecule has 0 spiro atoms. The molecule has 0 saturated heterocycles. The molecule has 106 valence electrons. The van der Waals surface area contributed by atoms with E-state index in [0.29, 0.717) is 17.4 Å². The number of nitrogens with one attached hydrogen (secondary N) is 1. The lowest BCUT2D eigenvalue weighted by Gasteiger charge is -2.23. The summed E-state index contributed by atoms with van der Waals surface area (Å²) in [4.78, 5) is 16.6. The van der Waals surface area contributed by atoms with Gasteiger partial charge >= 0.3 is 0 Å². The number of nitro groups is 1. The molecule has 1 aromatic rings. The summed E-state index contributed by atoms with van der Waals surface area (Å²) in [6.07, 6.45) is 2.42. The van der Waals surface area contributed by atoms with Gasteiger partial charge in [-0.1, -0.05) is 6.92 Å². The second-order valence-corrected chi connectivity index (χ2v) is 4.78. The molecule has 0 saturated carbocycles. The number of pyridine rings is 1. The van der Waals surface area contributed by atoms with Crippen molar-refractivity contribution in [2.45, 2.75) is 33.2 Å². The average Bonchev–Trinajstić information content (AvgIpc) is 2.37. The minimum absolute atomic E-state index is 0.0577. The van der Waals surface area contributed by atoms with Crippen molar-refractivity contribution >= 4 is 11.5 Å². The van der Waals surface area contributed by atoms with Crippen molar-refractivity contribution in [1.82, 2.24) is 9.88 Å². The standard InChI is InChI=1S/C13H22N4O2/c1-5-11(3)16(4)7-6-14-13-8-10(2)12(9-15-13)17(18)19/h8-9,11H,5-7H2,1-4H3,(H,14,15). The van der Waals surface area contributed by atoms with Crippen molar-refractivity contribution < 1.29 is 4.92 Å². The van der Waals surface area contributed by atoms with Crippen molar-refractivity contribution in [2.24, 2.45) is 0 Å². The van der Waals surface area contributed by atoms with Gasteiger partial charge in [-0.2, -0.15) is 0 Å². The van der Waals surface area contributed by atoms with Gasteiger partial charge in [0.1, 0.15) is 12.0 Å². The van der Waals surface area contributed by atoms with Gasteiger partial charge < -0.3 is 10.2 Å². The maximum atomic E-state index is 10.7. The van der Waals surface area contributed by atoms with Crippen LogP contribution in [0.15, 0.2) is 12.3 Å². The smallest absolute Gasteiger partial charge is 0.290 e. The van der Waals surface area contributed by atoms with Gasteiger partial charge in [-0.3, -0.25) is 10.1 Å². The number of likely N-dealkylation sites (N-methyl/N-ethyl adjacent to an activating group) is 1. The second kappa shape index (κ2) is 7.04. The quantitative estimate of drug-likeness (QED) is 0.606. The summed E-state index contributed by atoms with van der Waals surface area (Å²) in [5.41, 5.74) is 0.681. The van der Waals surface area contributed by atoms with Crippen LogP contribution in [0.25, 0.3) is 0 Å². The van der Waals surface area contributed by atoms with Crippen LogP contribution in [0.3, 0.4) is 0 Å². The SMILES string of the molecule is CCC(C)N(C)CCNc1cc(C)c([N+](=O)[O-])cn1. The third kappa shape index (κ3) is 4.48. The highest BCUT2D eigenvalue weighted by atomic mass is 16.6. The largest absolute Gasteiger partial charge is 0.369 e. The summed E-state index contributed by atoms with van der Waals surface area (Å²) in [5, 5.41) is 13.9. The number of aromatic nitrogens is 1. The predicted molar refractivity (Wildman–Crippen MR) is 76.5 cm³/mol. The summed E-state index contributed by atoms with van der Waals surface area (Å²) >= 11 is 0. The van der Waals surface area contributed by atoms with Crippen LogP contribution in [0.4, 0.5) is 11.5 Å². The van der Waals surface area contributed by atoms with E-state index < -0.39 is 4.92 Å². The lowest BCUT2D eigenvalue weighted by Crippen LogP contribution is -2.32. The van der Waals surface area contributed by atoms with E-state index in [4.69, 9.17) is 0 Å². The van der Waals surface area contributed by atoms with Crippen LogP contribution in [0.5, 0.6) is 0 Å². The van der Waals surface area contributed by atoms with Gasteiger partial charge in [0.25, 0.3) is 5.69 Å². The summed E-state index contributed by atoms with van der Waals surface area (Å²) in [7, 11) is 2.09. The molecule has 6 nitrogen and oxygen atoms in total. The summed E-state index contributed by atoms with van der Waals surface area (Å²) in [5.74, 6) is 0.681. The van der Waals surface area contributed by atoms with Crippen molar-refractivity contribution in [2.75, 3.05) is 25.5 Å². The fraction of sp³-hybridized carbons (Fsp3) is 0.615. The molecular formula is C13H22N4O2. The Bertz CT molecular complexity index is 437. The molecular weight excluding hydrogens is 244 g/mol. The lowest BCUT2D eigenvalue weighted by molar-refractivity contribution is -0.385. The number of hydrogen-bond acceptors (Lipinski definition) is 5. The zero-order valence-electron chi connectivity index (χ0n) is 12.0. The molecule has 6 heteroatoms. The first-order valence-electron chi connectivity index (χ1n) is 6.50. The lowest BCUT2D eigenvalue weighted by atomic mass is 10.2. The summed E-state index contributed by atoms with van der Waals surface area (Å²) in [6, 6.07) is 2.26. The van der Waals surface area contributed by atoms with Gasteiger partial charge in [0.15, 0.2) is 0 Å². The van der Waals surface area contributed by atoms with E-state index in [9.17, 15) is 10.1 Å². The van der Waals surface area contributed by atoms with Gasteiger partial charge in [0, 0.05) is 24.7 Å². The monoisotopic (exact) mass is 266 g/mol. The first-order chi connectivity index (χ1) is 8.95. The van der Waals surface area contributed by atoms with Gasteiger partial charge in [0.05, 0.1) is 4.92 Å². The third-order valence-electron chi connectivity index (χ3n) is 3.39. The summed E-state index contributed by atoms with van der Waals surface area (Å²) < 4.78 is 0. The summed E-state index contributed by atoms with van der Waals surface area (Å²) in [6.45, 7) is 7.75. The molecule has 1 aromatic heterocycles. The minimum Gasteiger partial charge on any atom is -0.369 e. The molecule has 0 amide bonds. The fourth-order valence-corrected chi connectivity index (χ4v) is 1.73. The van der Waals surface area contributed by atoms with E-state index in [-0.39, 0.29) is 5.69 Å². The molecule has 0 aliphatic heterocycles. The zero-order chi connectivity index (χ0) is 14.4. The van der Waals surface area contributed by atoms with Crippen LogP contribution in [0, 0.1) is 17.0 Å². The van der Waals surface area contributed by atoms with Gasteiger partial charge in [-0.05, 0) is 33.4 Å². The van der Waals surface area contributed by atoms with E-state index in [1.807, 2.05) is 0 Å². The Balaban J connectivity index is 2.51. The molecule has 0 aliphatic rings. The van der Waals surface area contributed by atoms with Crippen molar-refractivity contribution in [3.8, 4) is 0 Å². The minimum atomic E-state index is -0.414.